The number of carbonyl (C=O) groups excluding carboxylic acids is 1. The van der Waals surface area contributed by atoms with E-state index in [2.05, 4.69) is 5.32 Å². The summed E-state index contributed by atoms with van der Waals surface area (Å²) in [5.41, 5.74) is 6.04. The summed E-state index contributed by atoms with van der Waals surface area (Å²) >= 11 is 0. The lowest BCUT2D eigenvalue weighted by Gasteiger charge is -2.29. The van der Waals surface area contributed by atoms with E-state index in [1.807, 2.05) is 4.90 Å². The van der Waals surface area contributed by atoms with Crippen molar-refractivity contribution in [3.8, 4) is 0 Å². The second-order valence-electron chi connectivity index (χ2n) is 6.49. The van der Waals surface area contributed by atoms with Crippen molar-refractivity contribution in [2.75, 3.05) is 26.2 Å². The summed E-state index contributed by atoms with van der Waals surface area (Å²) in [6, 6.07) is -0.313. The first-order chi connectivity index (χ1) is 9.77. The number of rotatable bonds is 6. The number of hydrogen-bond donors (Lipinski definition) is 2. The van der Waals surface area contributed by atoms with Gasteiger partial charge in [-0.15, -0.1) is 0 Å². The van der Waals surface area contributed by atoms with Crippen molar-refractivity contribution in [2.24, 2.45) is 11.7 Å². The van der Waals surface area contributed by atoms with E-state index in [0.29, 0.717) is 0 Å². The SMILES string of the molecule is N[C@@H](CCNCC1CCCCC1)C(=O)N1CCCCC1. The minimum atomic E-state index is -0.313. The highest BCUT2D eigenvalue weighted by molar-refractivity contribution is 5.81. The minimum Gasteiger partial charge on any atom is -0.341 e. The van der Waals surface area contributed by atoms with Gasteiger partial charge in [0.2, 0.25) is 5.91 Å². The second-order valence-corrected chi connectivity index (χ2v) is 6.49. The molecule has 2 fully saturated rings. The van der Waals surface area contributed by atoms with Gasteiger partial charge in [-0.05, 0) is 57.5 Å². The topological polar surface area (TPSA) is 58.4 Å². The first-order valence-electron chi connectivity index (χ1n) is 8.52. The fraction of sp³-hybridized carbons (Fsp3) is 0.938. The van der Waals surface area contributed by atoms with Crippen molar-refractivity contribution in [2.45, 2.75) is 63.8 Å². The van der Waals surface area contributed by atoms with Gasteiger partial charge in [-0.1, -0.05) is 19.3 Å². The van der Waals surface area contributed by atoms with Crippen LogP contribution in [-0.4, -0.2) is 43.0 Å². The largest absolute Gasteiger partial charge is 0.341 e. The van der Waals surface area contributed by atoms with Crippen molar-refractivity contribution in [3.63, 3.8) is 0 Å². The molecule has 0 bridgehead atoms. The molecule has 1 amide bonds. The summed E-state index contributed by atoms with van der Waals surface area (Å²) in [6.07, 6.45) is 11.2. The molecule has 3 N–H and O–H groups in total. The highest BCUT2D eigenvalue weighted by Gasteiger charge is 2.22. The lowest BCUT2D eigenvalue weighted by atomic mass is 9.89. The fourth-order valence-electron chi connectivity index (χ4n) is 3.43. The number of nitrogens with two attached hydrogens (primary N) is 1. The maximum Gasteiger partial charge on any atom is 0.239 e. The molecule has 0 aromatic carbocycles. The van der Waals surface area contributed by atoms with Crippen molar-refractivity contribution in [3.05, 3.63) is 0 Å². The number of carbonyl (C=O) groups is 1. The van der Waals surface area contributed by atoms with Gasteiger partial charge in [-0.2, -0.15) is 0 Å². The molecule has 116 valence electrons. The molecule has 20 heavy (non-hydrogen) atoms. The Morgan fingerprint density at radius 1 is 1.10 bits per heavy atom. The maximum atomic E-state index is 12.2. The zero-order valence-electron chi connectivity index (χ0n) is 12.8. The van der Waals surface area contributed by atoms with Crippen molar-refractivity contribution in [1.29, 1.82) is 0 Å². The van der Waals surface area contributed by atoms with Crippen LogP contribution in [0.15, 0.2) is 0 Å². The van der Waals surface area contributed by atoms with Crippen LogP contribution in [-0.2, 0) is 4.79 Å². The van der Waals surface area contributed by atoms with Crippen LogP contribution in [0.4, 0.5) is 0 Å². The molecule has 0 spiro atoms. The van der Waals surface area contributed by atoms with E-state index in [-0.39, 0.29) is 11.9 Å². The summed E-state index contributed by atoms with van der Waals surface area (Å²) in [7, 11) is 0. The standard InChI is InChI=1S/C16H31N3O/c17-15(16(20)19-11-5-2-6-12-19)9-10-18-13-14-7-3-1-4-8-14/h14-15,18H,1-13,17H2/t15-/m0/s1. The molecule has 2 aliphatic rings. The molecule has 1 atom stereocenters. The number of nitrogens with one attached hydrogen (secondary N) is 1. The zero-order chi connectivity index (χ0) is 14.2. The number of piperidine rings is 1. The van der Waals surface area contributed by atoms with Crippen LogP contribution in [0.1, 0.15) is 57.8 Å². The molecule has 1 aliphatic heterocycles. The van der Waals surface area contributed by atoms with E-state index in [4.69, 9.17) is 5.73 Å². The predicted octanol–water partition coefficient (Wildman–Crippen LogP) is 1.89. The third kappa shape index (κ3) is 5.06. The normalized spacial score (nSPS) is 22.8. The maximum absolute atomic E-state index is 12.2. The molecule has 1 heterocycles. The van der Waals surface area contributed by atoms with Crippen LogP contribution >= 0.6 is 0 Å². The van der Waals surface area contributed by atoms with Crippen molar-refractivity contribution in [1.82, 2.24) is 10.2 Å². The molecule has 0 unspecified atom stereocenters. The molecule has 2 rings (SSSR count). The van der Waals surface area contributed by atoms with E-state index in [9.17, 15) is 4.79 Å². The van der Waals surface area contributed by atoms with Gasteiger partial charge in [0.1, 0.15) is 0 Å². The average molecular weight is 281 g/mol. The van der Waals surface area contributed by atoms with E-state index >= 15 is 0 Å². The first-order valence-corrected chi connectivity index (χ1v) is 8.52. The van der Waals surface area contributed by atoms with E-state index in [1.165, 1.54) is 38.5 Å². The Hall–Kier alpha value is -0.610. The summed E-state index contributed by atoms with van der Waals surface area (Å²) in [5.74, 6) is 1.00. The molecular formula is C16H31N3O. The average Bonchev–Trinajstić information content (AvgIpc) is 2.52. The molecule has 0 aromatic heterocycles. The molecule has 4 heteroatoms. The number of nitrogens with zero attached hydrogens (tertiary/aromatic N) is 1. The van der Waals surface area contributed by atoms with Gasteiger partial charge >= 0.3 is 0 Å². The third-order valence-corrected chi connectivity index (χ3v) is 4.77. The Balaban J connectivity index is 1.56. The molecule has 1 saturated carbocycles. The summed E-state index contributed by atoms with van der Waals surface area (Å²) in [5, 5.41) is 3.49. The molecule has 0 aromatic rings. The molecule has 1 aliphatic carbocycles. The Bertz CT molecular complexity index is 283. The lowest BCUT2D eigenvalue weighted by Crippen LogP contribution is -2.47. The van der Waals surface area contributed by atoms with Crippen LogP contribution in [0.25, 0.3) is 0 Å². The highest BCUT2D eigenvalue weighted by Crippen LogP contribution is 2.22. The quantitative estimate of drug-likeness (QED) is 0.731. The van der Waals surface area contributed by atoms with E-state index in [0.717, 1.165) is 51.4 Å². The minimum absolute atomic E-state index is 0.157. The van der Waals surface area contributed by atoms with Gasteiger partial charge in [-0.3, -0.25) is 4.79 Å². The van der Waals surface area contributed by atoms with Crippen LogP contribution in [0.3, 0.4) is 0 Å². The van der Waals surface area contributed by atoms with Crippen molar-refractivity contribution >= 4 is 5.91 Å². The Morgan fingerprint density at radius 2 is 1.75 bits per heavy atom. The van der Waals surface area contributed by atoms with Gasteiger partial charge in [0, 0.05) is 13.1 Å². The van der Waals surface area contributed by atoms with Crippen LogP contribution in [0.2, 0.25) is 0 Å². The highest BCUT2D eigenvalue weighted by atomic mass is 16.2. The Kier molecular flexibility index (Phi) is 6.80. The number of hydrogen-bond acceptors (Lipinski definition) is 3. The molecule has 1 saturated heterocycles. The zero-order valence-corrected chi connectivity index (χ0v) is 12.8. The first kappa shape index (κ1) is 15.8. The third-order valence-electron chi connectivity index (χ3n) is 4.77. The van der Waals surface area contributed by atoms with Crippen molar-refractivity contribution < 1.29 is 4.79 Å². The summed E-state index contributed by atoms with van der Waals surface area (Å²) in [4.78, 5) is 14.1. The van der Waals surface area contributed by atoms with E-state index in [1.54, 1.807) is 0 Å². The van der Waals surface area contributed by atoms with Gasteiger partial charge in [-0.25, -0.2) is 0 Å². The van der Waals surface area contributed by atoms with E-state index < -0.39 is 0 Å². The van der Waals surface area contributed by atoms with Gasteiger partial charge in [0.15, 0.2) is 0 Å². The smallest absolute Gasteiger partial charge is 0.239 e. The van der Waals surface area contributed by atoms with Crippen LogP contribution in [0, 0.1) is 5.92 Å². The summed E-state index contributed by atoms with van der Waals surface area (Å²) in [6.45, 7) is 3.78. The number of amides is 1. The molecule has 4 nitrogen and oxygen atoms in total. The fourth-order valence-corrected chi connectivity index (χ4v) is 3.43. The monoisotopic (exact) mass is 281 g/mol. The molecular weight excluding hydrogens is 250 g/mol. The van der Waals surface area contributed by atoms with Gasteiger partial charge in [0.05, 0.1) is 6.04 Å². The van der Waals surface area contributed by atoms with Gasteiger partial charge in [0.25, 0.3) is 0 Å². The second kappa shape index (κ2) is 8.63. The molecule has 0 radical (unpaired) electrons. The van der Waals surface area contributed by atoms with Crippen LogP contribution < -0.4 is 11.1 Å². The predicted molar refractivity (Wildman–Crippen MR) is 82.5 cm³/mol. The van der Waals surface area contributed by atoms with Crippen LogP contribution in [0.5, 0.6) is 0 Å². The lowest BCUT2D eigenvalue weighted by molar-refractivity contribution is -0.133. The number of likely N-dealkylation sites (tertiary alicyclic amines) is 1. The Labute approximate surface area is 123 Å². The Morgan fingerprint density at radius 3 is 2.45 bits per heavy atom. The van der Waals surface area contributed by atoms with Gasteiger partial charge < -0.3 is 16.0 Å². The summed E-state index contributed by atoms with van der Waals surface area (Å²) < 4.78 is 0.